The highest BCUT2D eigenvalue weighted by Crippen LogP contribution is 2.39. The monoisotopic (exact) mass is 337 g/mol. The molecule has 1 saturated heterocycles. The Bertz CT molecular complexity index is 346. The summed E-state index contributed by atoms with van der Waals surface area (Å²) >= 11 is 11.3. The van der Waals surface area contributed by atoms with E-state index in [1.807, 2.05) is 0 Å². The van der Waals surface area contributed by atoms with Gasteiger partial charge in [0.05, 0.1) is 0 Å². The second kappa shape index (κ2) is 6.53. The second-order valence-electron chi connectivity index (χ2n) is 4.26. The van der Waals surface area contributed by atoms with E-state index in [4.69, 9.17) is 16.3 Å². The van der Waals surface area contributed by atoms with Crippen LogP contribution in [0.4, 0.5) is 0 Å². The summed E-state index contributed by atoms with van der Waals surface area (Å²) in [5.41, 5.74) is 0. The summed E-state index contributed by atoms with van der Waals surface area (Å²) in [4.78, 5) is 1.33. The Morgan fingerprint density at radius 3 is 2.82 bits per heavy atom. The molecule has 1 atom stereocenters. The standard InChI is InChI=1S/C12H17BrClNOS/c1-2-15-11(8-3-5-16-6-4-8)10-7-9(13)12(14)17-10/h7-8,11,15H,2-6H2,1H3. The molecule has 1 aromatic heterocycles. The fourth-order valence-electron chi connectivity index (χ4n) is 2.29. The van der Waals surface area contributed by atoms with Gasteiger partial charge in [0.15, 0.2) is 0 Å². The van der Waals surface area contributed by atoms with Gasteiger partial charge in [-0.1, -0.05) is 18.5 Å². The number of hydrogen-bond donors (Lipinski definition) is 1. The van der Waals surface area contributed by atoms with E-state index in [1.165, 1.54) is 4.88 Å². The zero-order valence-corrected chi connectivity index (χ0v) is 13.0. The summed E-state index contributed by atoms with van der Waals surface area (Å²) in [6.07, 6.45) is 2.26. The van der Waals surface area contributed by atoms with Crippen molar-refractivity contribution < 1.29 is 4.74 Å². The van der Waals surface area contributed by atoms with Crippen molar-refractivity contribution in [3.63, 3.8) is 0 Å². The summed E-state index contributed by atoms with van der Waals surface area (Å²) in [5, 5.41) is 3.58. The van der Waals surface area contributed by atoms with Crippen molar-refractivity contribution >= 4 is 38.9 Å². The lowest BCUT2D eigenvalue weighted by Crippen LogP contribution is -2.31. The highest BCUT2D eigenvalue weighted by Gasteiger charge is 2.26. The van der Waals surface area contributed by atoms with Crippen molar-refractivity contribution in [2.24, 2.45) is 5.92 Å². The van der Waals surface area contributed by atoms with Crippen LogP contribution in [0, 0.1) is 5.92 Å². The van der Waals surface area contributed by atoms with Crippen LogP contribution in [0.3, 0.4) is 0 Å². The SMILES string of the molecule is CCNC(c1cc(Br)c(Cl)s1)C1CCOCC1. The van der Waals surface area contributed by atoms with Crippen LogP contribution in [0.2, 0.25) is 4.34 Å². The first-order chi connectivity index (χ1) is 8.22. The maximum atomic E-state index is 6.13. The Balaban J connectivity index is 2.15. The molecule has 2 nitrogen and oxygen atoms in total. The lowest BCUT2D eigenvalue weighted by Gasteiger charge is -2.30. The van der Waals surface area contributed by atoms with E-state index in [1.54, 1.807) is 11.3 Å². The second-order valence-corrected chi connectivity index (χ2v) is 6.80. The lowest BCUT2D eigenvalue weighted by molar-refractivity contribution is 0.0542. The quantitative estimate of drug-likeness (QED) is 0.886. The van der Waals surface area contributed by atoms with Gasteiger partial charge in [-0.05, 0) is 47.3 Å². The average molecular weight is 339 g/mol. The van der Waals surface area contributed by atoms with Crippen LogP contribution in [0.1, 0.15) is 30.7 Å². The summed E-state index contributed by atoms with van der Waals surface area (Å²) in [6, 6.07) is 2.56. The minimum absolute atomic E-state index is 0.415. The molecular weight excluding hydrogens is 322 g/mol. The van der Waals surface area contributed by atoms with Gasteiger partial charge in [0.2, 0.25) is 0 Å². The molecule has 1 fully saturated rings. The predicted octanol–water partition coefficient (Wildman–Crippen LogP) is 4.24. The summed E-state index contributed by atoms with van der Waals surface area (Å²) in [6.45, 7) is 4.89. The predicted molar refractivity (Wildman–Crippen MR) is 77.0 cm³/mol. The van der Waals surface area contributed by atoms with E-state index in [0.717, 1.165) is 41.4 Å². The Kier molecular flexibility index (Phi) is 5.30. The molecule has 0 saturated carbocycles. The van der Waals surface area contributed by atoms with E-state index in [-0.39, 0.29) is 0 Å². The van der Waals surface area contributed by atoms with E-state index < -0.39 is 0 Å². The van der Waals surface area contributed by atoms with Crippen LogP contribution in [0.15, 0.2) is 10.5 Å². The molecule has 1 aliphatic rings. The van der Waals surface area contributed by atoms with E-state index >= 15 is 0 Å². The molecule has 0 bridgehead atoms. The average Bonchev–Trinajstić information content (AvgIpc) is 2.67. The van der Waals surface area contributed by atoms with E-state index in [2.05, 4.69) is 34.2 Å². The van der Waals surface area contributed by atoms with Crippen molar-refractivity contribution in [2.45, 2.75) is 25.8 Å². The van der Waals surface area contributed by atoms with Gasteiger partial charge in [0.25, 0.3) is 0 Å². The molecule has 1 aliphatic heterocycles. The van der Waals surface area contributed by atoms with Crippen LogP contribution in [0.25, 0.3) is 0 Å². The molecule has 2 heterocycles. The molecule has 0 radical (unpaired) electrons. The topological polar surface area (TPSA) is 21.3 Å². The third kappa shape index (κ3) is 3.44. The van der Waals surface area contributed by atoms with Gasteiger partial charge in [-0.2, -0.15) is 0 Å². The van der Waals surface area contributed by atoms with Crippen LogP contribution in [0.5, 0.6) is 0 Å². The van der Waals surface area contributed by atoms with Crippen LogP contribution < -0.4 is 5.32 Å². The van der Waals surface area contributed by atoms with Crippen molar-refractivity contribution in [2.75, 3.05) is 19.8 Å². The molecule has 0 spiro atoms. The molecule has 2 rings (SSSR count). The Morgan fingerprint density at radius 1 is 1.59 bits per heavy atom. The van der Waals surface area contributed by atoms with Crippen molar-refractivity contribution in [1.82, 2.24) is 5.32 Å². The smallest absolute Gasteiger partial charge is 0.107 e. The first kappa shape index (κ1) is 13.8. The largest absolute Gasteiger partial charge is 0.381 e. The third-order valence-electron chi connectivity index (χ3n) is 3.13. The summed E-state index contributed by atoms with van der Waals surface area (Å²) in [7, 11) is 0. The van der Waals surface area contributed by atoms with Gasteiger partial charge in [-0.3, -0.25) is 0 Å². The number of hydrogen-bond acceptors (Lipinski definition) is 3. The Morgan fingerprint density at radius 2 is 2.29 bits per heavy atom. The fraction of sp³-hybridized carbons (Fsp3) is 0.667. The van der Waals surface area contributed by atoms with Gasteiger partial charge < -0.3 is 10.1 Å². The minimum atomic E-state index is 0.415. The molecular formula is C12H17BrClNOS. The van der Waals surface area contributed by atoms with Crippen molar-refractivity contribution in [1.29, 1.82) is 0 Å². The summed E-state index contributed by atoms with van der Waals surface area (Å²) < 4.78 is 7.28. The van der Waals surface area contributed by atoms with Crippen LogP contribution >= 0.6 is 38.9 Å². The van der Waals surface area contributed by atoms with Gasteiger partial charge in [0.1, 0.15) is 4.34 Å². The molecule has 1 N–H and O–H groups in total. The zero-order chi connectivity index (χ0) is 12.3. The molecule has 96 valence electrons. The maximum absolute atomic E-state index is 6.13. The highest BCUT2D eigenvalue weighted by molar-refractivity contribution is 9.10. The number of thiophene rings is 1. The van der Waals surface area contributed by atoms with E-state index in [0.29, 0.717) is 12.0 Å². The van der Waals surface area contributed by atoms with Gasteiger partial charge in [-0.25, -0.2) is 0 Å². The lowest BCUT2D eigenvalue weighted by atomic mass is 9.91. The molecule has 1 unspecified atom stereocenters. The first-order valence-electron chi connectivity index (χ1n) is 5.98. The zero-order valence-electron chi connectivity index (χ0n) is 9.84. The third-order valence-corrected chi connectivity index (χ3v) is 5.69. The minimum Gasteiger partial charge on any atom is -0.381 e. The van der Waals surface area contributed by atoms with Crippen molar-refractivity contribution in [3.8, 4) is 0 Å². The number of rotatable bonds is 4. The van der Waals surface area contributed by atoms with Gasteiger partial charge in [-0.15, -0.1) is 11.3 Å². The molecule has 1 aromatic rings. The Labute approximate surface area is 120 Å². The Hall–Kier alpha value is 0.390. The highest BCUT2D eigenvalue weighted by atomic mass is 79.9. The molecule has 5 heteroatoms. The summed E-state index contributed by atoms with van der Waals surface area (Å²) in [5.74, 6) is 0.658. The molecule has 17 heavy (non-hydrogen) atoms. The normalized spacial score (nSPS) is 19.5. The van der Waals surface area contributed by atoms with E-state index in [9.17, 15) is 0 Å². The van der Waals surface area contributed by atoms with Gasteiger partial charge in [0, 0.05) is 28.6 Å². The maximum Gasteiger partial charge on any atom is 0.107 e. The molecule has 0 amide bonds. The fourth-order valence-corrected chi connectivity index (χ4v) is 4.19. The molecule has 0 aliphatic carbocycles. The van der Waals surface area contributed by atoms with Crippen LogP contribution in [-0.4, -0.2) is 19.8 Å². The van der Waals surface area contributed by atoms with Gasteiger partial charge >= 0.3 is 0 Å². The van der Waals surface area contributed by atoms with Crippen LogP contribution in [-0.2, 0) is 4.74 Å². The number of ether oxygens (including phenoxy) is 1. The number of halogens is 2. The first-order valence-corrected chi connectivity index (χ1v) is 7.97. The number of nitrogens with one attached hydrogen (secondary N) is 1. The molecule has 0 aromatic carbocycles. The van der Waals surface area contributed by atoms with Crippen molar-refractivity contribution in [3.05, 3.63) is 19.8 Å².